The molecular formula is C8H18N2O3. The Hall–Kier alpha value is -0.650. The lowest BCUT2D eigenvalue weighted by atomic mass is 10.1. The van der Waals surface area contributed by atoms with Crippen LogP contribution >= 0.6 is 0 Å². The molecule has 0 aliphatic heterocycles. The third-order valence-electron chi connectivity index (χ3n) is 1.51. The van der Waals surface area contributed by atoms with Gasteiger partial charge in [-0.15, -0.1) is 0 Å². The summed E-state index contributed by atoms with van der Waals surface area (Å²) in [5, 5.41) is 23.3. The van der Waals surface area contributed by atoms with Crippen LogP contribution in [-0.2, 0) is 4.79 Å². The van der Waals surface area contributed by atoms with Crippen LogP contribution in [0.25, 0.3) is 0 Å². The van der Waals surface area contributed by atoms with Gasteiger partial charge in [0.15, 0.2) is 0 Å². The average molecular weight is 190 g/mol. The van der Waals surface area contributed by atoms with Crippen molar-refractivity contribution >= 4 is 5.91 Å². The zero-order valence-corrected chi connectivity index (χ0v) is 8.13. The number of nitrogens with one attached hydrogen (secondary N) is 2. The largest absolute Gasteiger partial charge is 0.393 e. The minimum atomic E-state index is -1.16. The van der Waals surface area contributed by atoms with Gasteiger partial charge in [0.1, 0.15) is 0 Å². The van der Waals surface area contributed by atoms with Gasteiger partial charge in [-0.2, -0.15) is 0 Å². The second-order valence-electron chi connectivity index (χ2n) is 3.21. The highest BCUT2D eigenvalue weighted by atomic mass is 16.3. The van der Waals surface area contributed by atoms with Crippen molar-refractivity contribution in [2.45, 2.75) is 19.4 Å². The highest BCUT2D eigenvalue weighted by molar-refractivity contribution is 5.77. The van der Waals surface area contributed by atoms with Crippen LogP contribution in [0.1, 0.15) is 13.8 Å². The van der Waals surface area contributed by atoms with Gasteiger partial charge in [-0.25, -0.2) is 0 Å². The van der Waals surface area contributed by atoms with Crippen LogP contribution in [-0.4, -0.2) is 48.0 Å². The number of carbonyl (C=O) groups excluding carboxylic acids is 1. The number of hydrogen-bond acceptors (Lipinski definition) is 4. The van der Waals surface area contributed by atoms with E-state index in [1.807, 2.05) is 6.92 Å². The first-order chi connectivity index (χ1) is 6.02. The Balaban J connectivity index is 3.50. The minimum absolute atomic E-state index is 0.115. The molecule has 13 heavy (non-hydrogen) atoms. The fourth-order valence-corrected chi connectivity index (χ4v) is 0.761. The van der Waals surface area contributed by atoms with Gasteiger partial charge in [-0.05, 0) is 13.8 Å². The highest BCUT2D eigenvalue weighted by Crippen LogP contribution is 1.97. The van der Waals surface area contributed by atoms with E-state index in [9.17, 15) is 9.90 Å². The van der Waals surface area contributed by atoms with E-state index in [0.717, 1.165) is 0 Å². The summed E-state index contributed by atoms with van der Waals surface area (Å²) in [7, 11) is 0. The summed E-state index contributed by atoms with van der Waals surface area (Å²) in [5.41, 5.74) is -1.16. The maximum absolute atomic E-state index is 10.9. The van der Waals surface area contributed by atoms with Crippen molar-refractivity contribution in [2.75, 3.05) is 26.2 Å². The van der Waals surface area contributed by atoms with Crippen LogP contribution in [0.15, 0.2) is 0 Å². The van der Waals surface area contributed by atoms with E-state index in [1.165, 1.54) is 6.92 Å². The SMILES string of the molecule is CCNC(=O)CNCC(C)(O)CO. The molecule has 0 rings (SSSR count). The van der Waals surface area contributed by atoms with Crippen molar-refractivity contribution in [1.29, 1.82) is 0 Å². The highest BCUT2D eigenvalue weighted by Gasteiger charge is 2.18. The normalized spacial score (nSPS) is 15.1. The monoisotopic (exact) mass is 190 g/mol. The Labute approximate surface area is 78.1 Å². The molecule has 0 aliphatic rings. The summed E-state index contributed by atoms with van der Waals surface area (Å²) < 4.78 is 0. The molecule has 0 bridgehead atoms. The fourth-order valence-electron chi connectivity index (χ4n) is 0.761. The summed E-state index contributed by atoms with van der Waals surface area (Å²) in [4.78, 5) is 10.9. The zero-order chi connectivity index (χ0) is 10.3. The van der Waals surface area contributed by atoms with Gasteiger partial charge in [0, 0.05) is 13.1 Å². The molecule has 1 amide bonds. The molecule has 0 radical (unpaired) electrons. The smallest absolute Gasteiger partial charge is 0.233 e. The zero-order valence-electron chi connectivity index (χ0n) is 8.13. The summed E-state index contributed by atoms with van der Waals surface area (Å²) >= 11 is 0. The Morgan fingerprint density at radius 2 is 2.15 bits per heavy atom. The predicted molar refractivity (Wildman–Crippen MR) is 49.3 cm³/mol. The van der Waals surface area contributed by atoms with Crippen molar-refractivity contribution in [1.82, 2.24) is 10.6 Å². The number of hydrogen-bond donors (Lipinski definition) is 4. The van der Waals surface area contributed by atoms with Gasteiger partial charge in [0.05, 0.1) is 18.8 Å². The van der Waals surface area contributed by atoms with Gasteiger partial charge in [-0.3, -0.25) is 4.79 Å². The Morgan fingerprint density at radius 3 is 2.62 bits per heavy atom. The second-order valence-corrected chi connectivity index (χ2v) is 3.21. The number of aliphatic hydroxyl groups is 2. The minimum Gasteiger partial charge on any atom is -0.393 e. The van der Waals surface area contributed by atoms with E-state index < -0.39 is 5.60 Å². The molecule has 5 nitrogen and oxygen atoms in total. The summed E-state index contributed by atoms with van der Waals surface area (Å²) in [6, 6.07) is 0. The summed E-state index contributed by atoms with van der Waals surface area (Å²) in [5.74, 6) is -0.115. The summed E-state index contributed by atoms with van der Waals surface area (Å²) in [6.07, 6.45) is 0. The van der Waals surface area contributed by atoms with Crippen molar-refractivity contribution in [3.05, 3.63) is 0 Å². The van der Waals surface area contributed by atoms with Crippen LogP contribution in [0.5, 0.6) is 0 Å². The van der Waals surface area contributed by atoms with Crippen LogP contribution in [0, 0.1) is 0 Å². The van der Waals surface area contributed by atoms with Gasteiger partial charge >= 0.3 is 0 Å². The molecule has 0 saturated heterocycles. The maximum atomic E-state index is 10.9. The van der Waals surface area contributed by atoms with E-state index in [4.69, 9.17) is 5.11 Å². The third kappa shape index (κ3) is 6.51. The van der Waals surface area contributed by atoms with Crippen molar-refractivity contribution in [3.63, 3.8) is 0 Å². The standard InChI is InChI=1S/C8H18N2O3/c1-3-10-7(12)4-9-5-8(2,13)6-11/h9,11,13H,3-6H2,1-2H3,(H,10,12). The lowest BCUT2D eigenvalue weighted by Crippen LogP contribution is -2.44. The maximum Gasteiger partial charge on any atom is 0.233 e. The number of rotatable bonds is 6. The Bertz CT molecular complexity index is 159. The number of aliphatic hydroxyl groups excluding tert-OH is 1. The molecule has 0 fully saturated rings. The molecule has 5 heteroatoms. The van der Waals surface area contributed by atoms with Gasteiger partial charge in [0.25, 0.3) is 0 Å². The lowest BCUT2D eigenvalue weighted by Gasteiger charge is -2.20. The lowest BCUT2D eigenvalue weighted by molar-refractivity contribution is -0.120. The van der Waals surface area contributed by atoms with Crippen molar-refractivity contribution in [2.24, 2.45) is 0 Å². The van der Waals surface area contributed by atoms with Crippen molar-refractivity contribution in [3.8, 4) is 0 Å². The molecule has 1 atom stereocenters. The molecule has 0 aromatic carbocycles. The van der Waals surface area contributed by atoms with E-state index in [2.05, 4.69) is 10.6 Å². The molecule has 78 valence electrons. The van der Waals surface area contributed by atoms with Gasteiger partial charge < -0.3 is 20.8 Å². The number of amides is 1. The molecule has 0 aromatic heterocycles. The third-order valence-corrected chi connectivity index (χ3v) is 1.51. The Morgan fingerprint density at radius 1 is 1.54 bits per heavy atom. The topological polar surface area (TPSA) is 81.6 Å². The molecule has 0 heterocycles. The Kier molecular flexibility index (Phi) is 5.61. The molecule has 4 N–H and O–H groups in total. The number of likely N-dealkylation sites (N-methyl/N-ethyl adjacent to an activating group) is 1. The first-order valence-electron chi connectivity index (χ1n) is 4.32. The molecular weight excluding hydrogens is 172 g/mol. The van der Waals surface area contributed by atoms with E-state index >= 15 is 0 Å². The van der Waals surface area contributed by atoms with E-state index in [1.54, 1.807) is 0 Å². The van der Waals surface area contributed by atoms with Gasteiger partial charge in [-0.1, -0.05) is 0 Å². The van der Waals surface area contributed by atoms with E-state index in [0.29, 0.717) is 6.54 Å². The molecule has 1 unspecified atom stereocenters. The first-order valence-corrected chi connectivity index (χ1v) is 4.32. The van der Waals surface area contributed by atoms with Crippen molar-refractivity contribution < 1.29 is 15.0 Å². The first kappa shape index (κ1) is 12.3. The van der Waals surface area contributed by atoms with Crippen LogP contribution in [0.2, 0.25) is 0 Å². The van der Waals surface area contributed by atoms with Crippen LogP contribution < -0.4 is 10.6 Å². The van der Waals surface area contributed by atoms with E-state index in [-0.39, 0.29) is 25.6 Å². The molecule has 0 aromatic rings. The second kappa shape index (κ2) is 5.90. The molecule has 0 spiro atoms. The molecule has 0 saturated carbocycles. The van der Waals surface area contributed by atoms with Crippen LogP contribution in [0.4, 0.5) is 0 Å². The van der Waals surface area contributed by atoms with Crippen LogP contribution in [0.3, 0.4) is 0 Å². The average Bonchev–Trinajstić information content (AvgIpc) is 2.05. The molecule has 0 aliphatic carbocycles. The predicted octanol–water partition coefficient (Wildman–Crippen LogP) is -1.54. The number of carbonyl (C=O) groups is 1. The fraction of sp³-hybridized carbons (Fsp3) is 0.875. The quantitative estimate of drug-likeness (QED) is 0.409. The summed E-state index contributed by atoms with van der Waals surface area (Å²) in [6.45, 7) is 3.95. The van der Waals surface area contributed by atoms with Gasteiger partial charge in [0.2, 0.25) is 5.91 Å².